The molecule has 0 unspecified atom stereocenters. The van der Waals surface area contributed by atoms with Crippen LogP contribution in [0.1, 0.15) is 129 Å². The largest absolute Gasteiger partial charge is 0.353 e. The number of hydrogen-bond acceptors (Lipinski definition) is 1. The van der Waals surface area contributed by atoms with Crippen LogP contribution in [0.5, 0.6) is 0 Å². The molecule has 0 aromatic rings. The number of alkyl halides is 1. The molecular weight excluding hydrogens is 386 g/mol. The molecule has 26 heavy (non-hydrogen) atoms. The van der Waals surface area contributed by atoms with E-state index in [1.807, 2.05) is 0 Å². The van der Waals surface area contributed by atoms with E-state index in [0.717, 1.165) is 18.2 Å². The van der Waals surface area contributed by atoms with Crippen molar-refractivity contribution in [2.24, 2.45) is 0 Å². The summed E-state index contributed by atoms with van der Waals surface area (Å²) in [4.78, 5) is 12.2. The summed E-state index contributed by atoms with van der Waals surface area (Å²) in [6.45, 7) is 4.54. The molecule has 0 bridgehead atoms. The number of rotatable bonds is 20. The van der Waals surface area contributed by atoms with E-state index in [9.17, 15) is 4.79 Å². The van der Waals surface area contributed by atoms with Crippen molar-refractivity contribution < 1.29 is 4.79 Å². The Balaban J connectivity index is 3.99. The van der Waals surface area contributed by atoms with Crippen molar-refractivity contribution in [1.29, 1.82) is 0 Å². The molecule has 1 amide bonds. The summed E-state index contributed by atoms with van der Waals surface area (Å²) in [5.74, 6) is 0.279. The Morgan fingerprint density at radius 1 is 0.692 bits per heavy atom. The Bertz CT molecular complexity index is 280. The maximum atomic E-state index is 12.2. The molecule has 2 nitrogen and oxygen atoms in total. The second kappa shape index (κ2) is 21.3. The molecule has 156 valence electrons. The van der Waals surface area contributed by atoms with Crippen LogP contribution in [0.4, 0.5) is 0 Å². The minimum Gasteiger partial charge on any atom is -0.353 e. The van der Waals surface area contributed by atoms with Gasteiger partial charge in [-0.3, -0.25) is 4.79 Å². The Morgan fingerprint density at radius 2 is 1.15 bits per heavy atom. The Morgan fingerprint density at radius 3 is 1.65 bits per heavy atom. The lowest BCUT2D eigenvalue weighted by molar-refractivity contribution is -0.122. The first-order chi connectivity index (χ1) is 12.7. The Kier molecular flexibility index (Phi) is 21.2. The van der Waals surface area contributed by atoms with E-state index in [1.165, 1.54) is 96.3 Å². The van der Waals surface area contributed by atoms with E-state index in [0.29, 0.717) is 12.5 Å². The van der Waals surface area contributed by atoms with Crippen LogP contribution in [0.25, 0.3) is 0 Å². The standard InChI is InChI=1S/C23H46BrNO/c1-3-5-7-9-11-14-18-22(19-15-12-10-8-6-4-2)25-23(26)20-16-13-17-21-24/h22H,3-21H2,1-2H3,(H,25,26). The van der Waals surface area contributed by atoms with Crippen LogP contribution in [0.15, 0.2) is 0 Å². The molecule has 0 fully saturated rings. The average molecular weight is 433 g/mol. The predicted molar refractivity (Wildman–Crippen MR) is 120 cm³/mol. The first kappa shape index (κ1) is 26.0. The lowest BCUT2D eigenvalue weighted by Crippen LogP contribution is -2.34. The lowest BCUT2D eigenvalue weighted by Gasteiger charge is -2.19. The third-order valence-electron chi connectivity index (χ3n) is 5.21. The number of hydrogen-bond donors (Lipinski definition) is 1. The van der Waals surface area contributed by atoms with Crippen LogP contribution in [-0.2, 0) is 4.79 Å². The lowest BCUT2D eigenvalue weighted by atomic mass is 9.99. The van der Waals surface area contributed by atoms with Gasteiger partial charge < -0.3 is 5.32 Å². The molecule has 0 saturated carbocycles. The monoisotopic (exact) mass is 431 g/mol. The average Bonchev–Trinajstić information content (AvgIpc) is 2.64. The summed E-state index contributed by atoms with van der Waals surface area (Å²) >= 11 is 3.46. The number of carbonyl (C=O) groups is 1. The van der Waals surface area contributed by atoms with Gasteiger partial charge in [0.1, 0.15) is 0 Å². The van der Waals surface area contributed by atoms with Gasteiger partial charge in [-0.05, 0) is 25.7 Å². The molecule has 0 rings (SSSR count). The van der Waals surface area contributed by atoms with Crippen molar-refractivity contribution >= 4 is 21.8 Å². The molecule has 0 aromatic heterocycles. The summed E-state index contributed by atoms with van der Waals surface area (Å²) in [5, 5.41) is 4.40. The van der Waals surface area contributed by atoms with Gasteiger partial charge in [0.15, 0.2) is 0 Å². The number of halogens is 1. The van der Waals surface area contributed by atoms with Gasteiger partial charge in [0, 0.05) is 17.8 Å². The highest BCUT2D eigenvalue weighted by Crippen LogP contribution is 2.15. The normalized spacial score (nSPS) is 11.2. The van der Waals surface area contributed by atoms with Gasteiger partial charge in [-0.15, -0.1) is 0 Å². The van der Waals surface area contributed by atoms with E-state index in [1.54, 1.807) is 0 Å². The van der Waals surface area contributed by atoms with Crippen molar-refractivity contribution in [1.82, 2.24) is 5.32 Å². The Labute approximate surface area is 172 Å². The zero-order valence-electron chi connectivity index (χ0n) is 17.8. The minimum absolute atomic E-state index is 0.279. The fraction of sp³-hybridized carbons (Fsp3) is 0.957. The number of amides is 1. The quantitative estimate of drug-likeness (QED) is 0.154. The molecule has 0 aliphatic rings. The second-order valence-electron chi connectivity index (χ2n) is 7.88. The fourth-order valence-corrected chi connectivity index (χ4v) is 3.88. The third-order valence-corrected chi connectivity index (χ3v) is 5.78. The second-order valence-corrected chi connectivity index (χ2v) is 8.67. The summed E-state index contributed by atoms with van der Waals surface area (Å²) in [6, 6.07) is 0.413. The number of nitrogens with one attached hydrogen (secondary N) is 1. The van der Waals surface area contributed by atoms with E-state index < -0.39 is 0 Å². The van der Waals surface area contributed by atoms with Gasteiger partial charge in [-0.2, -0.15) is 0 Å². The van der Waals surface area contributed by atoms with Crippen molar-refractivity contribution in [3.63, 3.8) is 0 Å². The van der Waals surface area contributed by atoms with Gasteiger partial charge >= 0.3 is 0 Å². The molecule has 0 heterocycles. The van der Waals surface area contributed by atoms with Crippen LogP contribution in [0.3, 0.4) is 0 Å². The molecule has 1 N–H and O–H groups in total. The van der Waals surface area contributed by atoms with Crippen LogP contribution in [-0.4, -0.2) is 17.3 Å². The molecule has 0 spiro atoms. The third kappa shape index (κ3) is 18.7. The first-order valence-electron chi connectivity index (χ1n) is 11.6. The van der Waals surface area contributed by atoms with E-state index in [4.69, 9.17) is 0 Å². The highest BCUT2D eigenvalue weighted by molar-refractivity contribution is 9.09. The highest BCUT2D eigenvalue weighted by atomic mass is 79.9. The van der Waals surface area contributed by atoms with Gasteiger partial charge in [0.05, 0.1) is 0 Å². The molecule has 0 saturated heterocycles. The van der Waals surface area contributed by atoms with Crippen LogP contribution in [0, 0.1) is 0 Å². The van der Waals surface area contributed by atoms with Crippen LogP contribution >= 0.6 is 15.9 Å². The molecule has 0 aliphatic carbocycles. The highest BCUT2D eigenvalue weighted by Gasteiger charge is 2.12. The SMILES string of the molecule is CCCCCCCCC(CCCCCCCC)NC(=O)CCCCCBr. The minimum atomic E-state index is 0.279. The number of carbonyl (C=O) groups excluding carboxylic acids is 1. The van der Waals surface area contributed by atoms with E-state index in [-0.39, 0.29) is 5.91 Å². The molecule has 0 radical (unpaired) electrons. The van der Waals surface area contributed by atoms with Crippen molar-refractivity contribution in [2.75, 3.05) is 5.33 Å². The summed E-state index contributed by atoms with van der Waals surface area (Å²) in [6.07, 6.45) is 22.4. The summed E-state index contributed by atoms with van der Waals surface area (Å²) in [7, 11) is 0. The van der Waals surface area contributed by atoms with Crippen molar-refractivity contribution in [3.8, 4) is 0 Å². The summed E-state index contributed by atoms with van der Waals surface area (Å²) in [5.41, 5.74) is 0. The zero-order valence-corrected chi connectivity index (χ0v) is 19.4. The summed E-state index contributed by atoms with van der Waals surface area (Å²) < 4.78 is 0. The topological polar surface area (TPSA) is 29.1 Å². The first-order valence-corrected chi connectivity index (χ1v) is 12.7. The van der Waals surface area contributed by atoms with Gasteiger partial charge in [0.25, 0.3) is 0 Å². The molecular formula is C23H46BrNO. The smallest absolute Gasteiger partial charge is 0.220 e. The molecule has 3 heteroatoms. The maximum absolute atomic E-state index is 12.2. The van der Waals surface area contributed by atoms with Crippen molar-refractivity contribution in [3.05, 3.63) is 0 Å². The maximum Gasteiger partial charge on any atom is 0.220 e. The van der Waals surface area contributed by atoms with E-state index in [2.05, 4.69) is 35.1 Å². The Hall–Kier alpha value is -0.0500. The van der Waals surface area contributed by atoms with Crippen LogP contribution < -0.4 is 5.32 Å². The van der Waals surface area contributed by atoms with Crippen LogP contribution in [0.2, 0.25) is 0 Å². The van der Waals surface area contributed by atoms with Gasteiger partial charge in [-0.1, -0.05) is 113 Å². The predicted octanol–water partition coefficient (Wildman–Crippen LogP) is 7.93. The van der Waals surface area contributed by atoms with Gasteiger partial charge in [-0.25, -0.2) is 0 Å². The fourth-order valence-electron chi connectivity index (χ4n) is 3.49. The zero-order chi connectivity index (χ0) is 19.3. The van der Waals surface area contributed by atoms with E-state index >= 15 is 0 Å². The molecule has 0 aliphatic heterocycles. The molecule has 0 aromatic carbocycles. The van der Waals surface area contributed by atoms with Gasteiger partial charge in [0.2, 0.25) is 5.91 Å². The molecule has 0 atom stereocenters. The van der Waals surface area contributed by atoms with Crippen molar-refractivity contribution in [2.45, 2.75) is 135 Å². The number of unbranched alkanes of at least 4 members (excludes halogenated alkanes) is 12.